The molecule has 2 rings (SSSR count). The lowest BCUT2D eigenvalue weighted by molar-refractivity contribution is -0.137. The van der Waals surface area contributed by atoms with Crippen molar-refractivity contribution in [2.75, 3.05) is 0 Å². The molecule has 0 aliphatic heterocycles. The van der Waals surface area contributed by atoms with Gasteiger partial charge in [0.1, 0.15) is 0 Å². The fourth-order valence-electron chi connectivity index (χ4n) is 2.94. The molecule has 2 N–H and O–H groups in total. The molecule has 7 heteroatoms. The van der Waals surface area contributed by atoms with E-state index >= 15 is 0 Å². The monoisotopic (exact) mass is 353 g/mol. The van der Waals surface area contributed by atoms with Crippen LogP contribution in [0.2, 0.25) is 0 Å². The second kappa shape index (κ2) is 7.34. The van der Waals surface area contributed by atoms with Crippen LogP contribution in [0.25, 0.3) is 0 Å². The highest BCUT2D eigenvalue weighted by Gasteiger charge is 2.44. The van der Waals surface area contributed by atoms with Crippen LogP contribution in [-0.2, 0) is 19.6 Å². The van der Waals surface area contributed by atoms with Gasteiger partial charge in [0.2, 0.25) is 5.91 Å². The topological polar surface area (TPSA) is 101 Å². The van der Waals surface area contributed by atoms with Crippen molar-refractivity contribution >= 4 is 21.9 Å². The zero-order valence-electron chi connectivity index (χ0n) is 13.7. The van der Waals surface area contributed by atoms with E-state index in [4.69, 9.17) is 5.11 Å². The lowest BCUT2D eigenvalue weighted by Gasteiger charge is -2.40. The van der Waals surface area contributed by atoms with E-state index in [2.05, 4.69) is 4.72 Å². The highest BCUT2D eigenvalue weighted by molar-refractivity contribution is 7.90. The number of aliphatic carboxylic acids is 1. The van der Waals surface area contributed by atoms with Crippen LogP contribution < -0.4 is 4.72 Å². The van der Waals surface area contributed by atoms with Crippen LogP contribution >= 0.6 is 0 Å². The van der Waals surface area contributed by atoms with E-state index in [9.17, 15) is 18.0 Å². The van der Waals surface area contributed by atoms with Crippen molar-refractivity contribution in [3.63, 3.8) is 0 Å². The third-order valence-electron chi connectivity index (χ3n) is 4.65. The Balaban J connectivity index is 2.00. The fraction of sp³-hybridized carbons (Fsp3) is 0.529. The van der Waals surface area contributed by atoms with Gasteiger partial charge in [0.25, 0.3) is 10.0 Å². The number of aryl methyl sites for hydroxylation is 1. The highest BCUT2D eigenvalue weighted by Crippen LogP contribution is 2.45. The van der Waals surface area contributed by atoms with E-state index in [0.29, 0.717) is 32.1 Å². The lowest BCUT2D eigenvalue weighted by atomic mass is 9.65. The number of amides is 1. The molecule has 1 saturated carbocycles. The quantitative estimate of drug-likeness (QED) is 0.700. The molecule has 24 heavy (non-hydrogen) atoms. The van der Waals surface area contributed by atoms with Gasteiger partial charge in [-0.3, -0.25) is 9.59 Å². The lowest BCUT2D eigenvalue weighted by Crippen LogP contribution is -2.47. The van der Waals surface area contributed by atoms with Gasteiger partial charge in [-0.2, -0.15) is 0 Å². The smallest absolute Gasteiger partial charge is 0.303 e. The summed E-state index contributed by atoms with van der Waals surface area (Å²) in [6.07, 6.45) is 3.87. The number of carboxylic acid groups (broad SMARTS) is 1. The molecule has 0 unspecified atom stereocenters. The number of benzene rings is 1. The van der Waals surface area contributed by atoms with Gasteiger partial charge in [-0.15, -0.1) is 0 Å². The molecular formula is C17H23NO5S. The van der Waals surface area contributed by atoms with E-state index in [1.54, 1.807) is 12.1 Å². The maximum Gasteiger partial charge on any atom is 0.303 e. The first kappa shape index (κ1) is 18.4. The van der Waals surface area contributed by atoms with Gasteiger partial charge in [-0.05, 0) is 44.7 Å². The zero-order chi connectivity index (χ0) is 17.8. The number of unbranched alkanes of at least 4 members (excludes halogenated alkanes) is 1. The summed E-state index contributed by atoms with van der Waals surface area (Å²) < 4.78 is 26.9. The van der Waals surface area contributed by atoms with E-state index in [0.717, 1.165) is 12.0 Å². The Morgan fingerprint density at radius 3 is 2.29 bits per heavy atom. The van der Waals surface area contributed by atoms with Crippen molar-refractivity contribution in [2.24, 2.45) is 5.41 Å². The average molecular weight is 353 g/mol. The Hall–Kier alpha value is -1.89. The number of carbonyl (C=O) groups excluding carboxylic acids is 1. The molecule has 1 aromatic carbocycles. The summed E-state index contributed by atoms with van der Waals surface area (Å²) in [6, 6.07) is 6.32. The number of hydrogen-bond acceptors (Lipinski definition) is 4. The molecule has 0 atom stereocenters. The molecule has 0 aromatic heterocycles. The van der Waals surface area contributed by atoms with Crippen LogP contribution in [0.5, 0.6) is 0 Å². The highest BCUT2D eigenvalue weighted by atomic mass is 32.2. The zero-order valence-corrected chi connectivity index (χ0v) is 14.6. The summed E-state index contributed by atoms with van der Waals surface area (Å²) in [7, 11) is -3.87. The van der Waals surface area contributed by atoms with E-state index in [-0.39, 0.29) is 11.3 Å². The van der Waals surface area contributed by atoms with Gasteiger partial charge in [0.05, 0.1) is 10.3 Å². The largest absolute Gasteiger partial charge is 0.481 e. The first-order valence-electron chi connectivity index (χ1n) is 8.11. The summed E-state index contributed by atoms with van der Waals surface area (Å²) in [4.78, 5) is 23.1. The summed E-state index contributed by atoms with van der Waals surface area (Å²) in [5, 5.41) is 8.66. The molecule has 0 radical (unpaired) electrons. The van der Waals surface area contributed by atoms with E-state index in [1.165, 1.54) is 12.1 Å². The molecule has 0 saturated heterocycles. The van der Waals surface area contributed by atoms with Crippen molar-refractivity contribution in [3.05, 3.63) is 29.8 Å². The SMILES string of the molecule is Cc1ccc(S(=O)(=O)NC(=O)C2(CCCCC(=O)O)CCC2)cc1. The number of nitrogens with one attached hydrogen (secondary N) is 1. The number of sulfonamides is 1. The number of rotatable bonds is 8. The van der Waals surface area contributed by atoms with Crippen LogP contribution in [-0.4, -0.2) is 25.4 Å². The maximum absolute atomic E-state index is 12.5. The number of carboxylic acids is 1. The second-order valence-corrected chi connectivity index (χ2v) is 8.16. The fourth-order valence-corrected chi connectivity index (χ4v) is 4.01. The molecule has 0 bridgehead atoms. The Kier molecular flexibility index (Phi) is 5.64. The Bertz CT molecular complexity index is 705. The first-order valence-corrected chi connectivity index (χ1v) is 9.59. The normalized spacial score (nSPS) is 16.2. The van der Waals surface area contributed by atoms with Gasteiger partial charge in [0.15, 0.2) is 0 Å². The summed E-state index contributed by atoms with van der Waals surface area (Å²) in [6.45, 7) is 1.86. The van der Waals surface area contributed by atoms with Crippen molar-refractivity contribution in [3.8, 4) is 0 Å². The first-order chi connectivity index (χ1) is 11.3. The molecule has 1 aromatic rings. The Morgan fingerprint density at radius 1 is 1.17 bits per heavy atom. The maximum atomic E-state index is 12.5. The second-order valence-electron chi connectivity index (χ2n) is 6.48. The predicted octanol–water partition coefficient (Wildman–Crippen LogP) is 2.62. The Morgan fingerprint density at radius 2 is 1.79 bits per heavy atom. The summed E-state index contributed by atoms with van der Waals surface area (Å²) in [5.74, 6) is -1.33. The van der Waals surface area contributed by atoms with Gasteiger partial charge >= 0.3 is 5.97 Å². The van der Waals surface area contributed by atoms with Crippen molar-refractivity contribution < 1.29 is 23.1 Å². The van der Waals surface area contributed by atoms with E-state index in [1.807, 2.05) is 6.92 Å². The molecule has 6 nitrogen and oxygen atoms in total. The number of hydrogen-bond donors (Lipinski definition) is 2. The molecule has 1 amide bonds. The van der Waals surface area contributed by atoms with E-state index < -0.39 is 27.3 Å². The third kappa shape index (κ3) is 4.35. The van der Waals surface area contributed by atoms with Gasteiger partial charge in [0, 0.05) is 6.42 Å². The molecule has 0 spiro atoms. The van der Waals surface area contributed by atoms with Crippen LogP contribution in [0.1, 0.15) is 50.5 Å². The van der Waals surface area contributed by atoms with Crippen molar-refractivity contribution in [2.45, 2.75) is 56.8 Å². The molecule has 1 fully saturated rings. The van der Waals surface area contributed by atoms with Gasteiger partial charge in [-0.1, -0.05) is 30.5 Å². The van der Waals surface area contributed by atoms with Crippen LogP contribution in [0.15, 0.2) is 29.2 Å². The molecule has 1 aliphatic carbocycles. The molecular weight excluding hydrogens is 330 g/mol. The minimum atomic E-state index is -3.87. The summed E-state index contributed by atoms with van der Waals surface area (Å²) >= 11 is 0. The van der Waals surface area contributed by atoms with Crippen molar-refractivity contribution in [1.82, 2.24) is 4.72 Å². The molecule has 1 aliphatic rings. The molecule has 132 valence electrons. The summed E-state index contributed by atoms with van der Waals surface area (Å²) in [5.41, 5.74) is 0.269. The standard InChI is InChI=1S/C17H23NO5S/c1-13-6-8-14(9-7-13)24(22,23)18-16(21)17(11-4-12-17)10-3-2-5-15(19)20/h6-9H,2-5,10-12H2,1H3,(H,18,21)(H,19,20). The van der Waals surface area contributed by atoms with Gasteiger partial charge in [-0.25, -0.2) is 13.1 Å². The van der Waals surface area contributed by atoms with Gasteiger partial charge < -0.3 is 5.11 Å². The van der Waals surface area contributed by atoms with Crippen LogP contribution in [0, 0.1) is 12.3 Å². The minimum Gasteiger partial charge on any atom is -0.481 e. The predicted molar refractivity (Wildman–Crippen MR) is 88.9 cm³/mol. The number of carbonyl (C=O) groups is 2. The Labute approximate surface area is 142 Å². The van der Waals surface area contributed by atoms with Crippen molar-refractivity contribution in [1.29, 1.82) is 0 Å². The average Bonchev–Trinajstić information content (AvgIpc) is 2.45. The minimum absolute atomic E-state index is 0.0688. The molecule has 0 heterocycles. The third-order valence-corrected chi connectivity index (χ3v) is 5.99. The van der Waals surface area contributed by atoms with Crippen LogP contribution in [0.3, 0.4) is 0 Å². The van der Waals surface area contributed by atoms with Crippen LogP contribution in [0.4, 0.5) is 0 Å².